The van der Waals surface area contributed by atoms with Crippen LogP contribution in [0.5, 0.6) is 0 Å². The molecule has 0 rings (SSSR count). The van der Waals surface area contributed by atoms with Crippen molar-refractivity contribution < 1.29 is 0 Å². The van der Waals surface area contributed by atoms with Crippen LogP contribution in [0.25, 0.3) is 0 Å². The molecule has 0 unspecified atom stereocenters. The summed E-state index contributed by atoms with van der Waals surface area (Å²) >= 11 is 0. The maximum absolute atomic E-state index is 2.52. The Balaban J connectivity index is 0. The van der Waals surface area contributed by atoms with Crippen molar-refractivity contribution in [2.75, 3.05) is 19.6 Å². The fourth-order valence-electron chi connectivity index (χ4n) is 1.37. The van der Waals surface area contributed by atoms with E-state index in [1.807, 2.05) is 0 Å². The third kappa shape index (κ3) is 8.12. The molecule has 0 atom stereocenters. The van der Waals surface area contributed by atoms with Gasteiger partial charge >= 0.3 is 0 Å². The number of hydrogen-bond donors (Lipinski definition) is 0. The second-order valence-corrected chi connectivity index (χ2v) is 4.14. The van der Waals surface area contributed by atoms with Gasteiger partial charge in [0.05, 0.1) is 0 Å². The van der Waals surface area contributed by atoms with E-state index in [1.54, 1.807) is 0 Å². The molecule has 0 amide bonds. The summed E-state index contributed by atoms with van der Waals surface area (Å²) in [6.07, 6.45) is 0. The van der Waals surface area contributed by atoms with E-state index in [0.29, 0.717) is 0 Å². The Hall–Kier alpha value is 0.0249. The van der Waals surface area contributed by atoms with Gasteiger partial charge in [0.1, 0.15) is 0 Å². The summed E-state index contributed by atoms with van der Waals surface area (Å²) in [5, 5.41) is 0. The molecule has 0 heterocycles. The molecule has 3 radical (unpaired) electrons. The molecule has 0 bridgehead atoms. The lowest BCUT2D eigenvalue weighted by atomic mass is 10.1. The third-order valence-corrected chi connectivity index (χ3v) is 1.69. The van der Waals surface area contributed by atoms with Crippen molar-refractivity contribution >= 4 is 8.41 Å². The molecule has 0 N–H and O–H groups in total. The highest BCUT2D eigenvalue weighted by atomic mass is 15.1. The molecule has 71 valence electrons. The smallest absolute Gasteiger partial charge is 0.000438 e. The molecule has 0 aliphatic carbocycles. The van der Waals surface area contributed by atoms with Gasteiger partial charge in [0, 0.05) is 21.5 Å². The van der Waals surface area contributed by atoms with Crippen LogP contribution in [0.4, 0.5) is 0 Å². The van der Waals surface area contributed by atoms with Crippen molar-refractivity contribution in [3.8, 4) is 0 Å². The summed E-state index contributed by atoms with van der Waals surface area (Å²) < 4.78 is 0. The first-order valence-corrected chi connectivity index (χ1v) is 4.78. The Morgan fingerprint density at radius 2 is 1.25 bits per heavy atom. The van der Waals surface area contributed by atoms with Gasteiger partial charge in [-0.25, -0.2) is 0 Å². The lowest BCUT2D eigenvalue weighted by Gasteiger charge is -2.24. The maximum atomic E-state index is 2.52. The van der Waals surface area contributed by atoms with E-state index in [0.717, 1.165) is 11.8 Å². The fraction of sp³-hybridized carbons (Fsp3) is 1.00. The Morgan fingerprint density at radius 1 is 0.917 bits per heavy atom. The minimum absolute atomic E-state index is 0. The average Bonchev–Trinajstić information content (AvgIpc) is 1.84. The van der Waals surface area contributed by atoms with Crippen molar-refractivity contribution in [2.24, 2.45) is 11.8 Å². The van der Waals surface area contributed by atoms with Crippen LogP contribution in [-0.4, -0.2) is 32.9 Å². The lowest BCUT2D eigenvalue weighted by molar-refractivity contribution is 0.230. The molecule has 0 aliphatic heterocycles. The molecule has 0 aliphatic rings. The summed E-state index contributed by atoms with van der Waals surface area (Å²) in [6, 6.07) is 0. The molecule has 0 spiro atoms. The topological polar surface area (TPSA) is 3.24 Å². The molecule has 0 aromatic rings. The highest BCUT2D eigenvalue weighted by Crippen LogP contribution is 2.02. The molecule has 0 aromatic heterocycles. The van der Waals surface area contributed by atoms with E-state index in [-0.39, 0.29) is 8.41 Å². The normalized spacial score (nSPS) is 11.0. The predicted molar refractivity (Wildman–Crippen MR) is 57.5 cm³/mol. The summed E-state index contributed by atoms with van der Waals surface area (Å²) in [4.78, 5) is 2.52. The van der Waals surface area contributed by atoms with Crippen LogP contribution in [0.2, 0.25) is 0 Å². The first kappa shape index (κ1) is 14.5. The van der Waals surface area contributed by atoms with Crippen LogP contribution in [0.1, 0.15) is 34.6 Å². The lowest BCUT2D eigenvalue weighted by Crippen LogP contribution is -2.30. The van der Waals surface area contributed by atoms with Crippen LogP contribution >= 0.6 is 0 Å². The summed E-state index contributed by atoms with van der Waals surface area (Å²) in [5.74, 6) is 1.60. The zero-order valence-corrected chi connectivity index (χ0v) is 9.30. The maximum Gasteiger partial charge on any atom is 0.000438 e. The zero-order valence-electron chi connectivity index (χ0n) is 9.30. The van der Waals surface area contributed by atoms with E-state index in [1.165, 1.54) is 19.6 Å². The third-order valence-electron chi connectivity index (χ3n) is 1.69. The van der Waals surface area contributed by atoms with Gasteiger partial charge in [-0.05, 0) is 18.4 Å². The molecule has 0 aromatic carbocycles. The van der Waals surface area contributed by atoms with E-state index >= 15 is 0 Å². The quantitative estimate of drug-likeness (QED) is 0.569. The zero-order chi connectivity index (χ0) is 8.85. The largest absolute Gasteiger partial charge is 0.303 e. The first-order valence-electron chi connectivity index (χ1n) is 4.78. The van der Waals surface area contributed by atoms with Gasteiger partial charge < -0.3 is 4.90 Å². The SMILES string of the molecule is CCN(CC(C)C)CC(C)C.[B]. The van der Waals surface area contributed by atoms with E-state index < -0.39 is 0 Å². The van der Waals surface area contributed by atoms with Crippen LogP contribution in [0, 0.1) is 11.8 Å². The minimum Gasteiger partial charge on any atom is -0.303 e. The van der Waals surface area contributed by atoms with Crippen molar-refractivity contribution in [3.05, 3.63) is 0 Å². The van der Waals surface area contributed by atoms with Crippen molar-refractivity contribution in [2.45, 2.75) is 34.6 Å². The van der Waals surface area contributed by atoms with Crippen LogP contribution < -0.4 is 0 Å². The van der Waals surface area contributed by atoms with Crippen molar-refractivity contribution in [3.63, 3.8) is 0 Å². The van der Waals surface area contributed by atoms with Gasteiger partial charge in [0.15, 0.2) is 0 Å². The molecule has 0 fully saturated rings. The summed E-state index contributed by atoms with van der Waals surface area (Å²) in [5.41, 5.74) is 0. The van der Waals surface area contributed by atoms with E-state index in [2.05, 4.69) is 39.5 Å². The Labute approximate surface area is 80.1 Å². The summed E-state index contributed by atoms with van der Waals surface area (Å²) in [7, 11) is 0. The van der Waals surface area contributed by atoms with Crippen molar-refractivity contribution in [1.82, 2.24) is 4.90 Å². The Kier molecular flexibility index (Phi) is 9.29. The van der Waals surface area contributed by atoms with Gasteiger partial charge in [-0.15, -0.1) is 0 Å². The molecular formula is C10H23BN. The number of hydrogen-bond acceptors (Lipinski definition) is 1. The fourth-order valence-corrected chi connectivity index (χ4v) is 1.37. The molecule has 0 saturated carbocycles. The number of nitrogens with zero attached hydrogens (tertiary/aromatic N) is 1. The number of rotatable bonds is 5. The highest BCUT2D eigenvalue weighted by molar-refractivity contribution is 5.75. The summed E-state index contributed by atoms with van der Waals surface area (Å²) in [6.45, 7) is 15.0. The van der Waals surface area contributed by atoms with E-state index in [4.69, 9.17) is 0 Å². The molecular weight excluding hydrogens is 145 g/mol. The molecule has 0 saturated heterocycles. The predicted octanol–water partition coefficient (Wildman–Crippen LogP) is 2.24. The Bertz CT molecular complexity index is 81.8. The first-order chi connectivity index (χ1) is 5.06. The van der Waals surface area contributed by atoms with Gasteiger partial charge in [-0.2, -0.15) is 0 Å². The second-order valence-electron chi connectivity index (χ2n) is 4.14. The van der Waals surface area contributed by atoms with Gasteiger partial charge in [-0.3, -0.25) is 0 Å². The van der Waals surface area contributed by atoms with Crippen LogP contribution in [0.15, 0.2) is 0 Å². The van der Waals surface area contributed by atoms with Gasteiger partial charge in [0.2, 0.25) is 0 Å². The molecule has 12 heavy (non-hydrogen) atoms. The average molecular weight is 168 g/mol. The highest BCUT2D eigenvalue weighted by Gasteiger charge is 2.05. The molecule has 2 heteroatoms. The van der Waals surface area contributed by atoms with Gasteiger partial charge in [-0.1, -0.05) is 34.6 Å². The monoisotopic (exact) mass is 168 g/mol. The van der Waals surface area contributed by atoms with Crippen molar-refractivity contribution in [1.29, 1.82) is 0 Å². The second kappa shape index (κ2) is 7.66. The van der Waals surface area contributed by atoms with Crippen LogP contribution in [0.3, 0.4) is 0 Å². The van der Waals surface area contributed by atoms with E-state index in [9.17, 15) is 0 Å². The van der Waals surface area contributed by atoms with Gasteiger partial charge in [0.25, 0.3) is 0 Å². The van der Waals surface area contributed by atoms with Crippen LogP contribution in [-0.2, 0) is 0 Å². The standard InChI is InChI=1S/C10H23N.B/c1-6-11(7-9(2)3)8-10(4)5;/h9-10H,6-8H2,1-5H3;. The molecule has 1 nitrogen and oxygen atoms in total. The minimum atomic E-state index is 0. The Morgan fingerprint density at radius 3 is 1.42 bits per heavy atom.